The minimum Gasteiger partial charge on any atom is -0.497 e. The molecule has 37 heavy (non-hydrogen) atoms. The lowest BCUT2D eigenvalue weighted by molar-refractivity contribution is -0.137. The fourth-order valence-corrected chi connectivity index (χ4v) is 7.50. The molecule has 0 bridgehead atoms. The second-order valence-corrected chi connectivity index (χ2v) is 12.6. The van der Waals surface area contributed by atoms with Crippen LogP contribution in [-0.2, 0) is 4.79 Å². The lowest BCUT2D eigenvalue weighted by Gasteiger charge is -2.39. The summed E-state index contributed by atoms with van der Waals surface area (Å²) in [5.41, 5.74) is 1.42. The van der Waals surface area contributed by atoms with Crippen molar-refractivity contribution < 1.29 is 19.0 Å². The number of aryl methyl sites for hydroxylation is 1. The molecule has 1 aliphatic heterocycles. The molecule has 200 valence electrons. The van der Waals surface area contributed by atoms with E-state index in [1.165, 1.54) is 9.09 Å². The number of ether oxygens (including phenoxy) is 1. The number of benzene rings is 1. The lowest BCUT2D eigenvalue weighted by atomic mass is 9.79. The van der Waals surface area contributed by atoms with Crippen LogP contribution in [0.3, 0.4) is 0 Å². The number of aromatic nitrogens is 1. The summed E-state index contributed by atoms with van der Waals surface area (Å²) in [6.07, 6.45) is 4.73. The quantitative estimate of drug-likeness (QED) is 0.179. The maximum Gasteiger partial charge on any atom is 0.303 e. The van der Waals surface area contributed by atoms with Crippen molar-refractivity contribution in [2.45, 2.75) is 55.8 Å². The summed E-state index contributed by atoms with van der Waals surface area (Å²) >= 11 is 3.76. The number of aliphatic carboxylic acids is 1. The molecule has 1 N–H and O–H groups in total. The third kappa shape index (κ3) is 7.91. The zero-order valence-corrected chi connectivity index (χ0v) is 23.3. The van der Waals surface area contributed by atoms with Gasteiger partial charge in [-0.1, -0.05) is 0 Å². The van der Waals surface area contributed by atoms with Gasteiger partial charge in [0.15, 0.2) is 0 Å². The van der Waals surface area contributed by atoms with E-state index < -0.39 is 12.1 Å². The standard InChI is InChI=1S/C29H37FN2O3S2/c1-20-4-11-29(37-20)36-17-3-15-32-16-13-21(22(19-32)6-10-28(33)34)5-8-26(30)24-12-14-31-27-9-7-23(35-2)18-25(24)27/h4,7,9,11-12,14,18,21-22,26H,3,5-6,8,10,13,15-17,19H2,1-2H3,(H,33,34)/t21-,22-,26-/m1/s1. The van der Waals surface area contributed by atoms with Crippen LogP contribution in [0.4, 0.5) is 4.39 Å². The van der Waals surface area contributed by atoms with Gasteiger partial charge in [-0.05, 0) is 106 Å². The number of piperidine rings is 1. The van der Waals surface area contributed by atoms with Gasteiger partial charge in [0.1, 0.15) is 11.9 Å². The van der Waals surface area contributed by atoms with E-state index in [-0.39, 0.29) is 6.42 Å². The van der Waals surface area contributed by atoms with Crippen LogP contribution in [0.5, 0.6) is 5.75 Å². The molecule has 1 fully saturated rings. The van der Waals surface area contributed by atoms with E-state index in [2.05, 4.69) is 28.9 Å². The zero-order chi connectivity index (χ0) is 26.2. The van der Waals surface area contributed by atoms with E-state index in [1.807, 2.05) is 41.3 Å². The van der Waals surface area contributed by atoms with Crippen molar-refractivity contribution in [2.75, 3.05) is 32.5 Å². The van der Waals surface area contributed by atoms with Crippen molar-refractivity contribution in [3.8, 4) is 5.75 Å². The first kappa shape index (κ1) is 27.9. The van der Waals surface area contributed by atoms with Gasteiger partial charge in [-0.25, -0.2) is 4.39 Å². The van der Waals surface area contributed by atoms with E-state index in [4.69, 9.17) is 4.74 Å². The van der Waals surface area contributed by atoms with E-state index in [0.29, 0.717) is 36.0 Å². The van der Waals surface area contributed by atoms with Crippen LogP contribution in [0.25, 0.3) is 10.9 Å². The van der Waals surface area contributed by atoms with Gasteiger partial charge in [-0.3, -0.25) is 9.78 Å². The molecule has 4 rings (SSSR count). The van der Waals surface area contributed by atoms with E-state index in [1.54, 1.807) is 19.4 Å². The molecule has 0 radical (unpaired) electrons. The van der Waals surface area contributed by atoms with Gasteiger partial charge >= 0.3 is 5.97 Å². The normalized spacial score (nSPS) is 19.2. The number of carboxylic acid groups (broad SMARTS) is 1. The molecule has 0 aliphatic carbocycles. The molecule has 1 aromatic carbocycles. The van der Waals surface area contributed by atoms with Crippen molar-refractivity contribution in [3.05, 3.63) is 53.0 Å². The maximum atomic E-state index is 15.5. The van der Waals surface area contributed by atoms with Crippen molar-refractivity contribution >= 4 is 40.0 Å². The monoisotopic (exact) mass is 544 g/mol. The molecule has 2 aromatic heterocycles. The van der Waals surface area contributed by atoms with Crippen molar-refractivity contribution in [3.63, 3.8) is 0 Å². The molecule has 0 spiro atoms. The molecular formula is C29H37FN2O3S2. The van der Waals surface area contributed by atoms with Gasteiger partial charge < -0.3 is 14.7 Å². The topological polar surface area (TPSA) is 62.7 Å². The average molecular weight is 545 g/mol. The van der Waals surface area contributed by atoms with Gasteiger partial charge in [-0.2, -0.15) is 0 Å². The van der Waals surface area contributed by atoms with E-state index in [0.717, 1.165) is 55.6 Å². The number of hydrogen-bond acceptors (Lipinski definition) is 6. The molecule has 8 heteroatoms. The number of thioether (sulfide) groups is 1. The van der Waals surface area contributed by atoms with Crippen molar-refractivity contribution in [1.82, 2.24) is 9.88 Å². The van der Waals surface area contributed by atoms with Gasteiger partial charge in [0.05, 0.1) is 16.8 Å². The molecular weight excluding hydrogens is 507 g/mol. The van der Waals surface area contributed by atoms with Gasteiger partial charge in [-0.15, -0.1) is 23.1 Å². The fourth-order valence-electron chi connectivity index (χ4n) is 5.39. The van der Waals surface area contributed by atoms with Gasteiger partial charge in [0.25, 0.3) is 0 Å². The number of thiophene rings is 1. The Kier molecular flexibility index (Phi) is 10.2. The smallest absolute Gasteiger partial charge is 0.303 e. The molecule has 0 unspecified atom stereocenters. The number of carbonyl (C=O) groups is 1. The van der Waals surface area contributed by atoms with Gasteiger partial charge in [0, 0.05) is 35.2 Å². The highest BCUT2D eigenvalue weighted by molar-refractivity contribution is 8.01. The highest BCUT2D eigenvalue weighted by Crippen LogP contribution is 2.37. The summed E-state index contributed by atoms with van der Waals surface area (Å²) in [4.78, 5) is 19.5. The summed E-state index contributed by atoms with van der Waals surface area (Å²) in [6, 6.07) is 11.7. The Bertz CT molecular complexity index is 1170. The minimum absolute atomic E-state index is 0.177. The third-order valence-corrected chi connectivity index (χ3v) is 9.71. The molecule has 5 nitrogen and oxygen atoms in total. The van der Waals surface area contributed by atoms with Crippen LogP contribution in [0.15, 0.2) is 46.8 Å². The number of nitrogens with zero attached hydrogens (tertiary/aromatic N) is 2. The Morgan fingerprint density at radius 2 is 2.14 bits per heavy atom. The number of rotatable bonds is 13. The van der Waals surface area contributed by atoms with Crippen LogP contribution >= 0.6 is 23.1 Å². The average Bonchev–Trinajstić information content (AvgIpc) is 3.33. The summed E-state index contributed by atoms with van der Waals surface area (Å²) in [7, 11) is 1.61. The highest BCUT2D eigenvalue weighted by Gasteiger charge is 2.30. The number of alkyl halides is 1. The van der Waals surface area contributed by atoms with Crippen molar-refractivity contribution in [2.24, 2.45) is 11.8 Å². The molecule has 0 saturated carbocycles. The third-order valence-electron chi connectivity index (χ3n) is 7.39. The molecule has 3 aromatic rings. The van der Waals surface area contributed by atoms with Crippen LogP contribution in [0, 0.1) is 18.8 Å². The van der Waals surface area contributed by atoms with E-state index >= 15 is 4.39 Å². The summed E-state index contributed by atoms with van der Waals surface area (Å²) in [5.74, 6) is 1.67. The number of fused-ring (bicyclic) bond motifs is 1. The van der Waals surface area contributed by atoms with Crippen LogP contribution in [-0.4, -0.2) is 53.5 Å². The predicted octanol–water partition coefficient (Wildman–Crippen LogP) is 7.39. The van der Waals surface area contributed by atoms with Crippen LogP contribution in [0.1, 0.15) is 55.1 Å². The Hall–Kier alpha value is -2.16. The Morgan fingerprint density at radius 3 is 2.89 bits per heavy atom. The first-order valence-electron chi connectivity index (χ1n) is 13.1. The largest absolute Gasteiger partial charge is 0.497 e. The number of hydrogen-bond donors (Lipinski definition) is 1. The lowest BCUT2D eigenvalue weighted by Crippen LogP contribution is -2.41. The summed E-state index contributed by atoms with van der Waals surface area (Å²) in [6.45, 7) is 5.08. The number of methoxy groups -OCH3 is 1. The molecule has 0 amide bonds. The second kappa shape index (κ2) is 13.6. The van der Waals surface area contributed by atoms with Crippen LogP contribution in [0.2, 0.25) is 0 Å². The fraction of sp³-hybridized carbons (Fsp3) is 0.517. The first-order valence-corrected chi connectivity index (χ1v) is 14.9. The minimum atomic E-state index is -1.09. The highest BCUT2D eigenvalue weighted by atomic mass is 32.2. The number of halogens is 1. The Balaban J connectivity index is 1.32. The molecule has 1 aliphatic rings. The maximum absolute atomic E-state index is 15.5. The van der Waals surface area contributed by atoms with Crippen LogP contribution < -0.4 is 4.74 Å². The summed E-state index contributed by atoms with van der Waals surface area (Å²) < 4.78 is 22.3. The second-order valence-electron chi connectivity index (χ2n) is 9.94. The number of likely N-dealkylation sites (tertiary alicyclic amines) is 1. The van der Waals surface area contributed by atoms with E-state index in [9.17, 15) is 9.90 Å². The molecule has 1 saturated heterocycles. The Morgan fingerprint density at radius 1 is 1.27 bits per heavy atom. The van der Waals surface area contributed by atoms with Crippen molar-refractivity contribution in [1.29, 1.82) is 0 Å². The molecule has 3 atom stereocenters. The summed E-state index contributed by atoms with van der Waals surface area (Å²) in [5, 5.41) is 10.1. The first-order chi connectivity index (χ1) is 17.9. The predicted molar refractivity (Wildman–Crippen MR) is 151 cm³/mol. The SMILES string of the molecule is COc1ccc2nccc([C@H](F)CC[C@@H]3CCN(CCCSc4ccc(C)s4)C[C@H]3CCC(=O)O)c2c1. The Labute approximate surface area is 227 Å². The number of pyridine rings is 1. The zero-order valence-electron chi connectivity index (χ0n) is 21.7. The van der Waals surface area contributed by atoms with Gasteiger partial charge in [0.2, 0.25) is 0 Å². The molecule has 3 heterocycles. The number of carboxylic acids is 1.